The van der Waals surface area contributed by atoms with Crippen molar-refractivity contribution >= 4 is 6.29 Å². The Bertz CT molecular complexity index is 497. The Morgan fingerprint density at radius 1 is 1.33 bits per heavy atom. The van der Waals surface area contributed by atoms with Crippen LogP contribution in [0.2, 0.25) is 0 Å². The van der Waals surface area contributed by atoms with Crippen LogP contribution in [0.25, 0.3) is 0 Å². The monoisotopic (exact) mass is 334 g/mol. The van der Waals surface area contributed by atoms with Crippen molar-refractivity contribution in [3.8, 4) is 0 Å². The molecule has 1 heterocycles. The first-order chi connectivity index (χ1) is 11.3. The normalized spacial score (nSPS) is 45.0. The number of carbonyl (C=O) groups is 1. The molecule has 2 aliphatic carbocycles. The average molecular weight is 335 g/mol. The molecule has 3 rings (SSSR count). The smallest absolute Gasteiger partial charge is 0.158 e. The van der Waals surface area contributed by atoms with Crippen molar-refractivity contribution in [3.05, 3.63) is 12.2 Å². The minimum absolute atomic E-state index is 0.0187. The van der Waals surface area contributed by atoms with Gasteiger partial charge in [0.25, 0.3) is 0 Å². The standard InChI is InChI=1S/C21H34O3/c1-14-7-8-18-20(2,3)9-6-10-21(18,4)16(14)12-17-15(13-22)11-19(23-5)24-17/h13,15-19H,1,6-12H2,2-5H3. The lowest BCUT2D eigenvalue weighted by Gasteiger charge is -2.58. The molecular formula is C21H34O3. The van der Waals surface area contributed by atoms with Gasteiger partial charge in [-0.15, -0.1) is 0 Å². The highest BCUT2D eigenvalue weighted by molar-refractivity contribution is 5.55. The fourth-order valence-corrected chi connectivity index (χ4v) is 6.19. The molecule has 3 nitrogen and oxygen atoms in total. The Labute approximate surface area is 147 Å². The highest BCUT2D eigenvalue weighted by Gasteiger charge is 2.54. The van der Waals surface area contributed by atoms with Gasteiger partial charge in [0, 0.05) is 19.4 Å². The number of methoxy groups -OCH3 is 1. The van der Waals surface area contributed by atoms with Crippen LogP contribution in [0.5, 0.6) is 0 Å². The second-order valence-corrected chi connectivity index (χ2v) is 9.26. The molecule has 0 aromatic heterocycles. The maximum Gasteiger partial charge on any atom is 0.158 e. The predicted molar refractivity (Wildman–Crippen MR) is 95.6 cm³/mol. The number of aldehydes is 1. The van der Waals surface area contributed by atoms with Crippen LogP contribution in [0, 0.1) is 28.6 Å². The SMILES string of the molecule is C=C1CCC2C(C)(C)CCCC2(C)C1CC1OC(OC)CC1C=O. The van der Waals surface area contributed by atoms with Crippen molar-refractivity contribution in [2.45, 2.75) is 78.1 Å². The van der Waals surface area contributed by atoms with Crippen molar-refractivity contribution in [1.29, 1.82) is 0 Å². The number of carbonyl (C=O) groups excluding carboxylic acids is 1. The van der Waals surface area contributed by atoms with Crippen LogP contribution in [0.3, 0.4) is 0 Å². The molecule has 0 N–H and O–H groups in total. The Balaban J connectivity index is 1.82. The maximum atomic E-state index is 11.5. The number of fused-ring (bicyclic) bond motifs is 1. The number of ether oxygens (including phenoxy) is 2. The summed E-state index contributed by atoms with van der Waals surface area (Å²) in [6, 6.07) is 0. The molecule has 6 unspecified atom stereocenters. The summed E-state index contributed by atoms with van der Waals surface area (Å²) in [4.78, 5) is 11.5. The quantitative estimate of drug-likeness (QED) is 0.550. The minimum atomic E-state index is -0.228. The minimum Gasteiger partial charge on any atom is -0.356 e. The zero-order valence-electron chi connectivity index (χ0n) is 15.8. The van der Waals surface area contributed by atoms with E-state index >= 15 is 0 Å². The van der Waals surface area contributed by atoms with E-state index in [1.807, 2.05) is 0 Å². The van der Waals surface area contributed by atoms with Gasteiger partial charge >= 0.3 is 0 Å². The maximum absolute atomic E-state index is 11.5. The largest absolute Gasteiger partial charge is 0.356 e. The van der Waals surface area contributed by atoms with Crippen LogP contribution < -0.4 is 0 Å². The second-order valence-electron chi connectivity index (χ2n) is 9.26. The summed E-state index contributed by atoms with van der Waals surface area (Å²) in [6.07, 6.45) is 8.73. The Hall–Kier alpha value is -0.670. The van der Waals surface area contributed by atoms with Gasteiger partial charge in [0.15, 0.2) is 6.29 Å². The van der Waals surface area contributed by atoms with E-state index in [1.165, 1.54) is 31.3 Å². The van der Waals surface area contributed by atoms with Crippen molar-refractivity contribution < 1.29 is 14.3 Å². The van der Waals surface area contributed by atoms with Gasteiger partial charge in [0.1, 0.15) is 6.29 Å². The van der Waals surface area contributed by atoms with Gasteiger partial charge < -0.3 is 14.3 Å². The zero-order chi connectivity index (χ0) is 17.5. The van der Waals surface area contributed by atoms with Crippen molar-refractivity contribution in [3.63, 3.8) is 0 Å². The van der Waals surface area contributed by atoms with Crippen LogP contribution in [-0.2, 0) is 14.3 Å². The van der Waals surface area contributed by atoms with Gasteiger partial charge in [0.05, 0.1) is 6.10 Å². The highest BCUT2D eigenvalue weighted by Crippen LogP contribution is 2.62. The summed E-state index contributed by atoms with van der Waals surface area (Å²) < 4.78 is 11.4. The van der Waals surface area contributed by atoms with Crippen LogP contribution in [0.15, 0.2) is 12.2 Å². The van der Waals surface area contributed by atoms with E-state index in [2.05, 4.69) is 27.4 Å². The van der Waals surface area contributed by atoms with Crippen molar-refractivity contribution in [2.75, 3.05) is 7.11 Å². The molecule has 24 heavy (non-hydrogen) atoms. The molecule has 3 fully saturated rings. The molecule has 1 aliphatic heterocycles. The van der Waals surface area contributed by atoms with E-state index in [0.717, 1.165) is 25.0 Å². The number of allylic oxidation sites excluding steroid dienone is 1. The van der Waals surface area contributed by atoms with Crippen LogP contribution >= 0.6 is 0 Å². The van der Waals surface area contributed by atoms with Crippen LogP contribution in [-0.4, -0.2) is 25.8 Å². The molecule has 2 saturated carbocycles. The van der Waals surface area contributed by atoms with Crippen molar-refractivity contribution in [1.82, 2.24) is 0 Å². The van der Waals surface area contributed by atoms with Gasteiger partial charge in [-0.3, -0.25) is 0 Å². The fraction of sp³-hybridized carbons (Fsp3) is 0.857. The van der Waals surface area contributed by atoms with E-state index in [1.54, 1.807) is 7.11 Å². The zero-order valence-corrected chi connectivity index (χ0v) is 15.8. The first-order valence-corrected chi connectivity index (χ1v) is 9.63. The van der Waals surface area contributed by atoms with Gasteiger partial charge in [-0.25, -0.2) is 0 Å². The Kier molecular flexibility index (Phi) is 4.96. The Morgan fingerprint density at radius 3 is 2.75 bits per heavy atom. The lowest BCUT2D eigenvalue weighted by atomic mass is 9.47. The van der Waals surface area contributed by atoms with Gasteiger partial charge in [-0.05, 0) is 54.8 Å². The van der Waals surface area contributed by atoms with E-state index in [-0.39, 0.29) is 18.3 Å². The van der Waals surface area contributed by atoms with Crippen LogP contribution in [0.4, 0.5) is 0 Å². The predicted octanol–water partition coefficient (Wildman–Crippen LogP) is 4.75. The average Bonchev–Trinajstić information content (AvgIpc) is 2.92. The van der Waals surface area contributed by atoms with Gasteiger partial charge in [-0.1, -0.05) is 39.3 Å². The second kappa shape index (κ2) is 6.57. The topological polar surface area (TPSA) is 35.5 Å². The first-order valence-electron chi connectivity index (χ1n) is 9.63. The molecule has 3 aliphatic rings. The van der Waals surface area contributed by atoms with Gasteiger partial charge in [0.2, 0.25) is 0 Å². The third kappa shape index (κ3) is 2.99. The molecule has 0 spiro atoms. The molecule has 0 amide bonds. The molecule has 0 radical (unpaired) electrons. The molecule has 0 bridgehead atoms. The lowest BCUT2D eigenvalue weighted by molar-refractivity contribution is -0.131. The molecule has 6 atom stereocenters. The van der Waals surface area contributed by atoms with E-state index in [9.17, 15) is 4.79 Å². The molecule has 3 heteroatoms. The summed E-state index contributed by atoms with van der Waals surface area (Å²) >= 11 is 0. The number of rotatable bonds is 4. The lowest BCUT2D eigenvalue weighted by Crippen LogP contribution is -2.50. The van der Waals surface area contributed by atoms with Crippen molar-refractivity contribution in [2.24, 2.45) is 28.6 Å². The summed E-state index contributed by atoms with van der Waals surface area (Å²) in [6.45, 7) is 11.8. The number of hydrogen-bond donors (Lipinski definition) is 0. The van der Waals surface area contributed by atoms with Crippen LogP contribution in [0.1, 0.15) is 65.7 Å². The van der Waals surface area contributed by atoms with Gasteiger partial charge in [-0.2, -0.15) is 0 Å². The van der Waals surface area contributed by atoms with E-state index in [4.69, 9.17) is 9.47 Å². The molecular weight excluding hydrogens is 300 g/mol. The highest BCUT2D eigenvalue weighted by atomic mass is 16.7. The third-order valence-electron chi connectivity index (χ3n) is 7.49. The Morgan fingerprint density at radius 2 is 2.08 bits per heavy atom. The van der Waals surface area contributed by atoms with E-state index < -0.39 is 0 Å². The van der Waals surface area contributed by atoms with E-state index in [0.29, 0.717) is 23.2 Å². The first kappa shape index (κ1) is 18.1. The summed E-state index contributed by atoms with van der Waals surface area (Å²) in [5, 5.41) is 0. The summed E-state index contributed by atoms with van der Waals surface area (Å²) in [5.74, 6) is 1.16. The third-order valence-corrected chi connectivity index (χ3v) is 7.49. The molecule has 1 saturated heterocycles. The summed E-state index contributed by atoms with van der Waals surface area (Å²) in [5.41, 5.74) is 2.07. The molecule has 0 aromatic rings. The number of hydrogen-bond acceptors (Lipinski definition) is 3. The fourth-order valence-electron chi connectivity index (χ4n) is 6.19. The molecule has 0 aromatic carbocycles. The summed E-state index contributed by atoms with van der Waals surface area (Å²) in [7, 11) is 1.66. The molecule has 136 valence electrons.